The van der Waals surface area contributed by atoms with Crippen LogP contribution in [0, 0.1) is 22.4 Å². The summed E-state index contributed by atoms with van der Waals surface area (Å²) in [7, 11) is 0. The molecule has 1 rings (SSSR count). The van der Waals surface area contributed by atoms with Gasteiger partial charge in [0.15, 0.2) is 0 Å². The number of ether oxygens (including phenoxy) is 1. The van der Waals surface area contributed by atoms with E-state index in [1.54, 1.807) is 13.0 Å². The topological polar surface area (TPSA) is 144 Å². The number of guanidine groups is 1. The largest absolute Gasteiger partial charge is 0.419 e. The molecule has 106 valence electrons. The number of nitro groups is 1. The highest BCUT2D eigenvalue weighted by atomic mass is 16.6. The molecule has 0 unspecified atom stereocenters. The number of rotatable bonds is 4. The van der Waals surface area contributed by atoms with Crippen LogP contribution in [0.5, 0.6) is 5.75 Å². The zero-order valence-electron chi connectivity index (χ0n) is 10.8. The van der Waals surface area contributed by atoms with Crippen molar-refractivity contribution in [1.29, 1.82) is 5.41 Å². The predicted molar refractivity (Wildman–Crippen MR) is 71.8 cm³/mol. The summed E-state index contributed by atoms with van der Waals surface area (Å²) in [6, 6.07) is 3.01. The molecule has 0 aliphatic rings. The third-order valence-corrected chi connectivity index (χ3v) is 2.18. The fourth-order valence-electron chi connectivity index (χ4n) is 1.42. The minimum absolute atomic E-state index is 0.116. The van der Waals surface area contributed by atoms with E-state index < -0.39 is 16.9 Å². The number of nitrogens with two attached hydrogens (primary N) is 1. The summed E-state index contributed by atoms with van der Waals surface area (Å²) < 4.78 is 4.88. The van der Waals surface area contributed by atoms with Crippen LogP contribution in [0.4, 0.5) is 5.69 Å². The number of hydrogen-bond acceptors (Lipinski definition) is 6. The van der Waals surface area contributed by atoms with Crippen molar-refractivity contribution in [3.8, 4) is 5.75 Å². The lowest BCUT2D eigenvalue weighted by molar-refractivity contribution is -0.385. The minimum Gasteiger partial charge on any atom is -0.419 e. The maximum Gasteiger partial charge on any atom is 0.320 e. The predicted octanol–water partition coefficient (Wildman–Crippen LogP) is 0.645. The molecule has 1 aromatic rings. The van der Waals surface area contributed by atoms with Gasteiger partial charge in [0.1, 0.15) is 0 Å². The Kier molecular flexibility index (Phi) is 4.73. The lowest BCUT2D eigenvalue weighted by Gasteiger charge is -2.08. The lowest BCUT2D eigenvalue weighted by atomic mass is 10.1. The minimum atomic E-state index is -0.666. The molecule has 0 aromatic heterocycles. The Morgan fingerprint density at radius 3 is 2.75 bits per heavy atom. The number of aryl methyl sites for hydroxylation is 1. The first-order valence-electron chi connectivity index (χ1n) is 5.42. The standard InChI is InChI=1S/C11H13N5O4/c1-6-3-4-8(5-14-15-11(12)13)9(16(18)19)10(6)20-7(2)17/h3-5H,1-2H3,(H4,12,13,15). The van der Waals surface area contributed by atoms with Crippen molar-refractivity contribution in [3.63, 3.8) is 0 Å². The van der Waals surface area contributed by atoms with Crippen molar-refractivity contribution in [1.82, 2.24) is 5.43 Å². The van der Waals surface area contributed by atoms with Crippen LogP contribution in [0.25, 0.3) is 0 Å². The summed E-state index contributed by atoms with van der Waals surface area (Å²) in [5, 5.41) is 21.6. The van der Waals surface area contributed by atoms with E-state index in [1.165, 1.54) is 6.07 Å². The second-order valence-electron chi connectivity index (χ2n) is 3.78. The van der Waals surface area contributed by atoms with E-state index in [9.17, 15) is 14.9 Å². The molecular formula is C11H13N5O4. The molecule has 20 heavy (non-hydrogen) atoms. The Bertz CT molecular complexity index is 597. The Labute approximate surface area is 114 Å². The van der Waals surface area contributed by atoms with Crippen LogP contribution in [-0.2, 0) is 4.79 Å². The van der Waals surface area contributed by atoms with Gasteiger partial charge in [-0.1, -0.05) is 6.07 Å². The van der Waals surface area contributed by atoms with Crippen LogP contribution in [0.15, 0.2) is 17.2 Å². The summed E-state index contributed by atoms with van der Waals surface area (Å²) in [4.78, 5) is 21.5. The number of nitrogens with one attached hydrogen (secondary N) is 2. The number of benzene rings is 1. The van der Waals surface area contributed by atoms with Crippen LogP contribution in [-0.4, -0.2) is 23.1 Å². The highest BCUT2D eigenvalue weighted by Crippen LogP contribution is 2.33. The van der Waals surface area contributed by atoms with E-state index in [4.69, 9.17) is 15.9 Å². The molecule has 9 nitrogen and oxygen atoms in total. The lowest BCUT2D eigenvalue weighted by Crippen LogP contribution is -2.25. The van der Waals surface area contributed by atoms with E-state index in [0.717, 1.165) is 13.1 Å². The molecule has 0 heterocycles. The Balaban J connectivity index is 3.31. The van der Waals surface area contributed by atoms with Crippen LogP contribution < -0.4 is 15.9 Å². The number of nitro benzene ring substituents is 1. The average molecular weight is 279 g/mol. The molecule has 0 fully saturated rings. The van der Waals surface area contributed by atoms with Gasteiger partial charge in [0.05, 0.1) is 16.7 Å². The van der Waals surface area contributed by atoms with E-state index >= 15 is 0 Å². The van der Waals surface area contributed by atoms with E-state index in [2.05, 4.69) is 10.5 Å². The Hall–Kier alpha value is -2.97. The number of carbonyl (C=O) groups is 1. The van der Waals surface area contributed by atoms with Crippen LogP contribution in [0.2, 0.25) is 0 Å². The molecule has 0 amide bonds. The maximum atomic E-state index is 11.1. The van der Waals surface area contributed by atoms with Gasteiger partial charge >= 0.3 is 11.7 Å². The normalized spacial score (nSPS) is 10.3. The van der Waals surface area contributed by atoms with Gasteiger partial charge in [-0.15, -0.1) is 0 Å². The highest BCUT2D eigenvalue weighted by molar-refractivity contribution is 5.89. The third-order valence-electron chi connectivity index (χ3n) is 2.18. The zero-order valence-corrected chi connectivity index (χ0v) is 10.8. The van der Waals surface area contributed by atoms with Crippen molar-refractivity contribution >= 4 is 23.8 Å². The third kappa shape index (κ3) is 3.77. The van der Waals surface area contributed by atoms with Crippen molar-refractivity contribution < 1.29 is 14.5 Å². The van der Waals surface area contributed by atoms with Crippen molar-refractivity contribution in [2.24, 2.45) is 10.8 Å². The van der Waals surface area contributed by atoms with Gasteiger partial charge in [-0.3, -0.25) is 20.3 Å². The summed E-state index contributed by atoms with van der Waals surface area (Å²) in [6.07, 6.45) is 1.12. The number of hydrazone groups is 1. The Morgan fingerprint density at radius 2 is 2.25 bits per heavy atom. The molecule has 1 aromatic carbocycles. The van der Waals surface area contributed by atoms with E-state index in [1.807, 2.05) is 0 Å². The van der Waals surface area contributed by atoms with Crippen LogP contribution in [0.3, 0.4) is 0 Å². The average Bonchev–Trinajstić information content (AvgIpc) is 2.31. The molecule has 0 aliphatic heterocycles. The van der Waals surface area contributed by atoms with Gasteiger partial charge < -0.3 is 10.5 Å². The Morgan fingerprint density at radius 1 is 1.60 bits per heavy atom. The number of esters is 1. The van der Waals surface area contributed by atoms with Crippen molar-refractivity contribution in [3.05, 3.63) is 33.4 Å². The second-order valence-corrected chi connectivity index (χ2v) is 3.78. The van der Waals surface area contributed by atoms with E-state index in [0.29, 0.717) is 5.56 Å². The van der Waals surface area contributed by atoms with E-state index in [-0.39, 0.29) is 17.0 Å². The summed E-state index contributed by atoms with van der Waals surface area (Å²) in [5.41, 5.74) is 7.35. The van der Waals surface area contributed by atoms with Gasteiger partial charge in [0.2, 0.25) is 11.7 Å². The van der Waals surface area contributed by atoms with Gasteiger partial charge in [-0.25, -0.2) is 5.43 Å². The first-order valence-corrected chi connectivity index (χ1v) is 5.42. The quantitative estimate of drug-likeness (QED) is 0.184. The first kappa shape index (κ1) is 15.1. The smallest absolute Gasteiger partial charge is 0.320 e. The second kappa shape index (κ2) is 6.27. The molecular weight excluding hydrogens is 266 g/mol. The number of nitrogens with zero attached hydrogens (tertiary/aromatic N) is 2. The first-order chi connectivity index (χ1) is 9.32. The molecule has 0 spiro atoms. The van der Waals surface area contributed by atoms with Crippen LogP contribution >= 0.6 is 0 Å². The summed E-state index contributed by atoms with van der Waals surface area (Å²) in [5.74, 6) is -1.20. The summed E-state index contributed by atoms with van der Waals surface area (Å²) in [6.45, 7) is 2.74. The molecule has 4 N–H and O–H groups in total. The molecule has 0 atom stereocenters. The number of hydrogen-bond donors (Lipinski definition) is 3. The van der Waals surface area contributed by atoms with Crippen molar-refractivity contribution in [2.45, 2.75) is 13.8 Å². The molecule has 0 radical (unpaired) electrons. The van der Waals surface area contributed by atoms with Crippen LogP contribution in [0.1, 0.15) is 18.1 Å². The molecule has 0 saturated carbocycles. The maximum absolute atomic E-state index is 11.1. The highest BCUT2D eigenvalue weighted by Gasteiger charge is 2.23. The summed E-state index contributed by atoms with van der Waals surface area (Å²) >= 11 is 0. The van der Waals surface area contributed by atoms with Gasteiger partial charge in [-0.2, -0.15) is 5.10 Å². The molecule has 0 saturated heterocycles. The van der Waals surface area contributed by atoms with Gasteiger partial charge in [0.25, 0.3) is 0 Å². The molecule has 0 aliphatic carbocycles. The molecule has 0 bridgehead atoms. The fourth-order valence-corrected chi connectivity index (χ4v) is 1.42. The SMILES string of the molecule is CC(=O)Oc1c(C)ccc(C=NNC(=N)N)c1[N+](=O)[O-]. The fraction of sp³-hybridized carbons (Fsp3) is 0.182. The van der Waals surface area contributed by atoms with Crippen molar-refractivity contribution in [2.75, 3.05) is 0 Å². The van der Waals surface area contributed by atoms with Gasteiger partial charge in [-0.05, 0) is 18.6 Å². The monoisotopic (exact) mass is 279 g/mol. The van der Waals surface area contributed by atoms with Gasteiger partial charge in [0, 0.05) is 6.92 Å². The molecule has 9 heteroatoms. The zero-order chi connectivity index (χ0) is 15.3. The number of carbonyl (C=O) groups excluding carboxylic acids is 1.